The smallest absolute Gasteiger partial charge is 0.317 e. The molecule has 6 rings (SSSR count). The first-order valence-electron chi connectivity index (χ1n) is 12.5. The molecule has 0 bridgehead atoms. The maximum absolute atomic E-state index is 16.4. The maximum Gasteiger partial charge on any atom is 0.317 e. The van der Waals surface area contributed by atoms with Crippen molar-refractivity contribution in [3.05, 3.63) is 46.4 Å². The van der Waals surface area contributed by atoms with Crippen molar-refractivity contribution in [2.45, 2.75) is 45.2 Å². The number of aromatic nitrogens is 3. The Bertz CT molecular complexity index is 1550. The average Bonchev–Trinajstić information content (AvgIpc) is 3.47. The molecule has 2 aromatic heterocycles. The third-order valence-electron chi connectivity index (χ3n) is 7.19. The number of ether oxygens (including phenoxy) is 1. The Balaban J connectivity index is 1.53. The monoisotopic (exact) mass is 538 g/mol. The van der Waals surface area contributed by atoms with Gasteiger partial charge in [0.1, 0.15) is 12.1 Å². The van der Waals surface area contributed by atoms with Crippen LogP contribution in [0.3, 0.4) is 0 Å². The minimum Gasteiger partial charge on any atom is -0.462 e. The summed E-state index contributed by atoms with van der Waals surface area (Å²) in [5.41, 5.74) is 10.5. The molecular formula is C27H28ClFN6OS. The van der Waals surface area contributed by atoms with Crippen LogP contribution in [-0.4, -0.2) is 46.7 Å². The van der Waals surface area contributed by atoms with Crippen LogP contribution in [0.15, 0.2) is 29.8 Å². The van der Waals surface area contributed by atoms with E-state index in [0.29, 0.717) is 39.9 Å². The number of nitrogens with one attached hydrogen (secondary N) is 2. The van der Waals surface area contributed by atoms with E-state index in [2.05, 4.69) is 34.4 Å². The van der Waals surface area contributed by atoms with E-state index in [1.165, 1.54) is 11.3 Å². The molecule has 4 N–H and O–H groups in total. The van der Waals surface area contributed by atoms with E-state index >= 15 is 4.39 Å². The molecule has 7 nitrogen and oxygen atoms in total. The zero-order valence-electron chi connectivity index (χ0n) is 20.7. The summed E-state index contributed by atoms with van der Waals surface area (Å²) in [6, 6.07) is 8.19. The lowest BCUT2D eigenvalue weighted by atomic mass is 9.94. The summed E-state index contributed by atoms with van der Waals surface area (Å²) in [6.45, 7) is 6.23. The highest BCUT2D eigenvalue weighted by molar-refractivity contribution is 7.22. The van der Waals surface area contributed by atoms with Gasteiger partial charge in [-0.05, 0) is 57.4 Å². The predicted molar refractivity (Wildman–Crippen MR) is 149 cm³/mol. The lowest BCUT2D eigenvalue weighted by molar-refractivity contribution is 0.255. The second-order valence-corrected chi connectivity index (χ2v) is 11.3. The summed E-state index contributed by atoms with van der Waals surface area (Å²) in [5.74, 6) is -0.519. The van der Waals surface area contributed by atoms with Crippen LogP contribution in [0.25, 0.3) is 37.8 Å². The van der Waals surface area contributed by atoms with Crippen LogP contribution < -0.4 is 21.1 Å². The second-order valence-electron chi connectivity index (χ2n) is 9.84. The zero-order chi connectivity index (χ0) is 25.7. The zero-order valence-corrected chi connectivity index (χ0v) is 22.3. The first-order chi connectivity index (χ1) is 17.9. The molecule has 10 heteroatoms. The number of anilines is 1. The molecule has 37 heavy (non-hydrogen) atoms. The fraction of sp³-hybridized carbons (Fsp3) is 0.370. The van der Waals surface area contributed by atoms with Gasteiger partial charge in [0.25, 0.3) is 0 Å². The number of hydrogen-bond donors (Lipinski definition) is 3. The Morgan fingerprint density at radius 1 is 1.22 bits per heavy atom. The van der Waals surface area contributed by atoms with E-state index in [-0.39, 0.29) is 28.2 Å². The van der Waals surface area contributed by atoms with Gasteiger partial charge in [0.2, 0.25) is 0 Å². The number of para-hydroxylation sites is 1. The van der Waals surface area contributed by atoms with E-state index in [9.17, 15) is 0 Å². The van der Waals surface area contributed by atoms with Crippen LogP contribution in [0.2, 0.25) is 5.02 Å². The number of nitrogens with two attached hydrogens (primary N) is 1. The molecule has 192 valence electrons. The van der Waals surface area contributed by atoms with E-state index in [0.717, 1.165) is 48.2 Å². The highest BCUT2D eigenvalue weighted by Crippen LogP contribution is 2.42. The van der Waals surface area contributed by atoms with Gasteiger partial charge in [-0.15, -0.1) is 0 Å². The van der Waals surface area contributed by atoms with Crippen LogP contribution in [0.5, 0.6) is 6.01 Å². The summed E-state index contributed by atoms with van der Waals surface area (Å²) >= 11 is 8.14. The highest BCUT2D eigenvalue weighted by Gasteiger charge is 2.26. The van der Waals surface area contributed by atoms with Gasteiger partial charge in [-0.3, -0.25) is 0 Å². The molecule has 0 spiro atoms. The number of hydrogen-bond acceptors (Lipinski definition) is 8. The molecule has 0 amide bonds. The fourth-order valence-corrected chi connectivity index (χ4v) is 6.40. The number of halogens is 2. The lowest BCUT2D eigenvalue weighted by Gasteiger charge is -2.21. The molecule has 1 saturated heterocycles. The van der Waals surface area contributed by atoms with Crippen LogP contribution in [-0.2, 0) is 0 Å². The third kappa shape index (κ3) is 4.54. The van der Waals surface area contributed by atoms with Crippen molar-refractivity contribution >= 4 is 54.8 Å². The number of fused-ring (bicyclic) bond motifs is 2. The highest BCUT2D eigenvalue weighted by atomic mass is 35.5. The van der Waals surface area contributed by atoms with E-state index in [4.69, 9.17) is 27.1 Å². The summed E-state index contributed by atoms with van der Waals surface area (Å²) in [7, 11) is 0. The van der Waals surface area contributed by atoms with Crippen LogP contribution in [0, 0.1) is 5.82 Å². The van der Waals surface area contributed by atoms with E-state index in [1.54, 1.807) is 6.07 Å². The van der Waals surface area contributed by atoms with Gasteiger partial charge in [-0.25, -0.2) is 9.37 Å². The first-order valence-corrected chi connectivity index (χ1v) is 13.7. The minimum atomic E-state index is -0.519. The largest absolute Gasteiger partial charge is 0.462 e. The summed E-state index contributed by atoms with van der Waals surface area (Å²) < 4.78 is 23.4. The van der Waals surface area contributed by atoms with Crippen LogP contribution in [0.1, 0.15) is 38.8 Å². The van der Waals surface area contributed by atoms with Gasteiger partial charge in [-0.2, -0.15) is 9.97 Å². The number of nitrogen functional groups attached to an aromatic ring is 1. The van der Waals surface area contributed by atoms with Gasteiger partial charge in [0.05, 0.1) is 20.9 Å². The average molecular weight is 539 g/mol. The molecule has 0 radical (unpaired) electrons. The standard InChI is InChI=1S/C27H28ClFN6OS/c1-13-11-31-9-8-16(13)23-18-10-19(28)21(17-4-3-5-20-24(17)33-26(30)37-20)22(29)25(18)35-27(34-23)36-12-15-7-6-14(2)32-15/h3-5,10,14-15,31-32H,6-9,11-12H2,1-2H3,(H2,30,33)/t14-,15?/m0/s1. The molecular weight excluding hydrogens is 511 g/mol. The predicted octanol–water partition coefficient (Wildman–Crippen LogP) is 5.57. The molecule has 0 saturated carbocycles. The minimum absolute atomic E-state index is 0.172. The Hall–Kier alpha value is -2.85. The van der Waals surface area contributed by atoms with Crippen molar-refractivity contribution in [3.8, 4) is 17.1 Å². The van der Waals surface area contributed by atoms with E-state index in [1.807, 2.05) is 18.2 Å². The molecule has 4 heterocycles. The van der Waals surface area contributed by atoms with Crippen LogP contribution >= 0.6 is 22.9 Å². The molecule has 2 atom stereocenters. The third-order valence-corrected chi connectivity index (χ3v) is 8.34. The Morgan fingerprint density at radius 3 is 2.86 bits per heavy atom. The topological polar surface area (TPSA) is 98.0 Å². The summed E-state index contributed by atoms with van der Waals surface area (Å²) in [4.78, 5) is 13.8. The van der Waals surface area contributed by atoms with Gasteiger partial charge in [-0.1, -0.05) is 40.6 Å². The molecule has 2 aliphatic heterocycles. The van der Waals surface area contributed by atoms with Crippen LogP contribution in [0.4, 0.5) is 9.52 Å². The number of nitrogens with zero attached hydrogens (tertiary/aromatic N) is 3. The van der Waals surface area contributed by atoms with Crippen molar-refractivity contribution in [3.63, 3.8) is 0 Å². The van der Waals surface area contributed by atoms with Crippen molar-refractivity contribution in [2.75, 3.05) is 25.4 Å². The Labute approximate surface area is 223 Å². The quantitative estimate of drug-likeness (QED) is 0.305. The molecule has 1 fully saturated rings. The van der Waals surface area contributed by atoms with Crippen molar-refractivity contribution < 1.29 is 9.13 Å². The summed E-state index contributed by atoms with van der Waals surface area (Å²) in [5, 5.41) is 8.16. The number of benzene rings is 2. The molecule has 0 aliphatic carbocycles. The van der Waals surface area contributed by atoms with Gasteiger partial charge < -0.3 is 21.1 Å². The lowest BCUT2D eigenvalue weighted by Crippen LogP contribution is -2.32. The van der Waals surface area contributed by atoms with Gasteiger partial charge in [0, 0.05) is 35.1 Å². The second kappa shape index (κ2) is 9.79. The molecule has 2 aromatic carbocycles. The fourth-order valence-electron chi connectivity index (χ4n) is 5.34. The van der Waals surface area contributed by atoms with Crippen molar-refractivity contribution in [1.29, 1.82) is 0 Å². The van der Waals surface area contributed by atoms with Crippen molar-refractivity contribution in [2.24, 2.45) is 0 Å². The van der Waals surface area contributed by atoms with Gasteiger partial charge in [0.15, 0.2) is 10.9 Å². The summed E-state index contributed by atoms with van der Waals surface area (Å²) in [6.07, 6.45) is 2.89. The van der Waals surface area contributed by atoms with E-state index < -0.39 is 5.82 Å². The Kier molecular flexibility index (Phi) is 6.48. The first kappa shape index (κ1) is 24.5. The van der Waals surface area contributed by atoms with Crippen molar-refractivity contribution in [1.82, 2.24) is 25.6 Å². The number of thiazole rings is 1. The molecule has 1 unspecified atom stereocenters. The SMILES string of the molecule is CC1=C(c2nc(OCC3CC[C@H](C)N3)nc3c(F)c(-c4cccc5sc(N)nc45)c(Cl)cc23)CCNC1. The maximum atomic E-state index is 16.4. The number of rotatable bonds is 5. The molecule has 4 aromatic rings. The Morgan fingerprint density at radius 2 is 2.08 bits per heavy atom. The van der Waals surface area contributed by atoms with Gasteiger partial charge >= 0.3 is 6.01 Å². The normalized spacial score (nSPS) is 20.3. The molecule has 2 aliphatic rings.